The molecule has 9 heavy (non-hydrogen) atoms. The number of nitroso groups, excluding NO2 is 1. The van der Waals surface area contributed by atoms with E-state index in [4.69, 9.17) is 11.6 Å². The monoisotopic (exact) mass is 141 g/mol. The highest BCUT2D eigenvalue weighted by Crippen LogP contribution is 2.16. The van der Waals surface area contributed by atoms with E-state index in [2.05, 4.69) is 5.18 Å². The molecule has 1 aromatic carbocycles. The molecule has 1 aromatic rings. The summed E-state index contributed by atoms with van der Waals surface area (Å²) >= 11 is 5.52. The molecule has 0 radical (unpaired) electrons. The third-order valence-corrected chi connectivity index (χ3v) is 1.15. The summed E-state index contributed by atoms with van der Waals surface area (Å²) in [5.41, 5.74) is 0.363. The number of nitrogens with zero attached hydrogens (tertiary/aromatic N) is 1. The Kier molecular flexibility index (Phi) is 1.80. The molecule has 3 heteroatoms. The van der Waals surface area contributed by atoms with Gasteiger partial charge < -0.3 is 0 Å². The van der Waals surface area contributed by atoms with Gasteiger partial charge in [-0.25, -0.2) is 0 Å². The molecule has 0 amide bonds. The lowest BCUT2D eigenvalue weighted by atomic mass is 10.3. The second-order valence-electron chi connectivity index (χ2n) is 1.57. The molecule has 0 aromatic heterocycles. The molecule has 0 saturated heterocycles. The molecule has 46 valence electrons. The summed E-state index contributed by atoms with van der Waals surface area (Å²) in [5.74, 6) is 0. The van der Waals surface area contributed by atoms with Crippen molar-refractivity contribution in [3.8, 4) is 0 Å². The minimum Gasteiger partial charge on any atom is -0.145 e. The molecule has 0 heterocycles. The fourth-order valence-electron chi connectivity index (χ4n) is 0.533. The van der Waals surface area contributed by atoms with Crippen LogP contribution in [0.5, 0.6) is 0 Å². The third-order valence-electron chi connectivity index (χ3n) is 0.914. The summed E-state index contributed by atoms with van der Waals surface area (Å²) in [6.07, 6.45) is 0. The van der Waals surface area contributed by atoms with E-state index in [1.807, 2.05) is 0 Å². The van der Waals surface area contributed by atoms with Crippen LogP contribution in [-0.2, 0) is 0 Å². The van der Waals surface area contributed by atoms with E-state index < -0.39 is 0 Å². The van der Waals surface area contributed by atoms with Crippen molar-refractivity contribution >= 4 is 17.3 Å². The largest absolute Gasteiger partial charge is 0.145 e. The van der Waals surface area contributed by atoms with E-state index in [-0.39, 0.29) is 0 Å². The van der Waals surface area contributed by atoms with Gasteiger partial charge in [-0.3, -0.25) is 0 Å². The van der Waals surface area contributed by atoms with Crippen LogP contribution in [0.1, 0.15) is 0 Å². The van der Waals surface area contributed by atoms with E-state index in [0.717, 1.165) is 0 Å². The van der Waals surface area contributed by atoms with Crippen molar-refractivity contribution in [1.29, 1.82) is 0 Å². The van der Waals surface area contributed by atoms with Crippen LogP contribution in [-0.4, -0.2) is 0 Å². The quantitative estimate of drug-likeness (QED) is 0.553. The zero-order valence-corrected chi connectivity index (χ0v) is 5.30. The Balaban J connectivity index is 3.07. The molecular formula is C6H4ClNO. The topological polar surface area (TPSA) is 29.4 Å². The predicted octanol–water partition coefficient (Wildman–Crippen LogP) is 2.74. The van der Waals surface area contributed by atoms with Gasteiger partial charge in [0.2, 0.25) is 0 Å². The van der Waals surface area contributed by atoms with Crippen LogP contribution >= 0.6 is 11.6 Å². The number of halogens is 1. The first-order valence-electron chi connectivity index (χ1n) is 2.42. The van der Waals surface area contributed by atoms with Gasteiger partial charge in [-0.1, -0.05) is 17.7 Å². The van der Waals surface area contributed by atoms with Crippen LogP contribution in [0, 0.1) is 4.91 Å². The molecule has 1 rings (SSSR count). The lowest BCUT2D eigenvalue weighted by molar-refractivity contribution is 1.50. The van der Waals surface area contributed by atoms with Gasteiger partial charge in [0.1, 0.15) is 5.69 Å². The van der Waals surface area contributed by atoms with Crippen molar-refractivity contribution in [2.45, 2.75) is 0 Å². The molecule has 0 spiro atoms. The molecular weight excluding hydrogens is 138 g/mol. The molecule has 0 aliphatic heterocycles. The molecule has 2 nitrogen and oxygen atoms in total. The molecule has 0 atom stereocenters. The molecule has 0 bridgehead atoms. The summed E-state index contributed by atoms with van der Waals surface area (Å²) in [5, 5.41) is 3.23. The Bertz CT molecular complexity index is 224. The minimum absolute atomic E-state index is 0.363. The maximum absolute atomic E-state index is 9.85. The number of benzene rings is 1. The Labute approximate surface area is 57.4 Å². The van der Waals surface area contributed by atoms with Crippen molar-refractivity contribution in [3.63, 3.8) is 0 Å². The Hall–Kier alpha value is -0.890. The lowest BCUT2D eigenvalue weighted by Gasteiger charge is -1.86. The summed E-state index contributed by atoms with van der Waals surface area (Å²) < 4.78 is 0. The molecule has 0 N–H and O–H groups in total. The second kappa shape index (κ2) is 2.60. The zero-order valence-electron chi connectivity index (χ0n) is 4.54. The average Bonchev–Trinajstić information content (AvgIpc) is 1.88. The van der Waals surface area contributed by atoms with E-state index in [1.54, 1.807) is 18.2 Å². The standard InChI is InChI=1S/C6H4ClNO/c7-5-2-1-3-6(4-5)8-9/h1-4H. The first-order chi connectivity index (χ1) is 4.33. The number of hydrogen-bond donors (Lipinski definition) is 0. The smallest absolute Gasteiger partial charge is 0.109 e. The van der Waals surface area contributed by atoms with Gasteiger partial charge in [-0.15, -0.1) is 4.91 Å². The fourth-order valence-corrected chi connectivity index (χ4v) is 0.717. The van der Waals surface area contributed by atoms with E-state index >= 15 is 0 Å². The third kappa shape index (κ3) is 1.50. The normalized spacial score (nSPS) is 9.00. The molecule has 0 fully saturated rings. The van der Waals surface area contributed by atoms with Gasteiger partial charge in [0.15, 0.2) is 0 Å². The van der Waals surface area contributed by atoms with E-state index in [1.165, 1.54) is 6.07 Å². The Morgan fingerprint density at radius 3 is 2.67 bits per heavy atom. The van der Waals surface area contributed by atoms with Crippen molar-refractivity contribution in [2.75, 3.05) is 0 Å². The minimum atomic E-state index is 0.363. The van der Waals surface area contributed by atoms with Crippen LogP contribution in [0.3, 0.4) is 0 Å². The predicted molar refractivity (Wildman–Crippen MR) is 36.9 cm³/mol. The van der Waals surface area contributed by atoms with Crippen LogP contribution < -0.4 is 0 Å². The van der Waals surface area contributed by atoms with Gasteiger partial charge in [-0.05, 0) is 23.4 Å². The van der Waals surface area contributed by atoms with Crippen molar-refractivity contribution < 1.29 is 0 Å². The molecule has 0 aliphatic rings. The first-order valence-corrected chi connectivity index (χ1v) is 2.79. The highest BCUT2D eigenvalue weighted by molar-refractivity contribution is 6.30. The van der Waals surface area contributed by atoms with Gasteiger partial charge in [0.05, 0.1) is 0 Å². The summed E-state index contributed by atoms with van der Waals surface area (Å²) in [7, 11) is 0. The lowest BCUT2D eigenvalue weighted by Crippen LogP contribution is -1.61. The average molecular weight is 142 g/mol. The van der Waals surface area contributed by atoms with Crippen LogP contribution in [0.25, 0.3) is 0 Å². The van der Waals surface area contributed by atoms with Crippen molar-refractivity contribution in [1.82, 2.24) is 0 Å². The molecule has 0 saturated carbocycles. The zero-order chi connectivity index (χ0) is 6.69. The number of rotatable bonds is 1. The maximum Gasteiger partial charge on any atom is 0.109 e. The highest BCUT2D eigenvalue weighted by atomic mass is 35.5. The summed E-state index contributed by atoms with van der Waals surface area (Å²) in [6, 6.07) is 6.47. The van der Waals surface area contributed by atoms with Gasteiger partial charge >= 0.3 is 0 Å². The van der Waals surface area contributed by atoms with Gasteiger partial charge in [0, 0.05) is 5.02 Å². The second-order valence-corrected chi connectivity index (χ2v) is 2.01. The van der Waals surface area contributed by atoms with Crippen LogP contribution in [0.15, 0.2) is 29.4 Å². The van der Waals surface area contributed by atoms with Gasteiger partial charge in [0.25, 0.3) is 0 Å². The highest BCUT2D eigenvalue weighted by Gasteiger charge is 1.89. The molecule has 0 aliphatic carbocycles. The van der Waals surface area contributed by atoms with Crippen LogP contribution in [0.2, 0.25) is 5.02 Å². The Morgan fingerprint density at radius 2 is 2.22 bits per heavy atom. The SMILES string of the molecule is O=Nc1cccc(Cl)c1. The van der Waals surface area contributed by atoms with Crippen molar-refractivity contribution in [2.24, 2.45) is 5.18 Å². The van der Waals surface area contributed by atoms with Gasteiger partial charge in [-0.2, -0.15) is 0 Å². The van der Waals surface area contributed by atoms with Crippen LogP contribution in [0.4, 0.5) is 5.69 Å². The Morgan fingerprint density at radius 1 is 1.44 bits per heavy atom. The maximum atomic E-state index is 9.85. The summed E-state index contributed by atoms with van der Waals surface area (Å²) in [6.45, 7) is 0. The number of hydrogen-bond acceptors (Lipinski definition) is 2. The first kappa shape index (κ1) is 6.23. The summed E-state index contributed by atoms with van der Waals surface area (Å²) in [4.78, 5) is 9.85. The van der Waals surface area contributed by atoms with E-state index in [9.17, 15) is 4.91 Å². The molecule has 0 unspecified atom stereocenters. The van der Waals surface area contributed by atoms with Crippen molar-refractivity contribution in [3.05, 3.63) is 34.2 Å². The fraction of sp³-hybridized carbons (Fsp3) is 0. The van der Waals surface area contributed by atoms with E-state index in [0.29, 0.717) is 10.7 Å².